The molecule has 0 saturated heterocycles. The molecule has 19 heavy (non-hydrogen) atoms. The Bertz CT molecular complexity index is 526. The first-order chi connectivity index (χ1) is 9.01. The molecule has 8 heteroatoms. The molecule has 0 bridgehead atoms. The molecule has 1 heterocycles. The first-order valence-electron chi connectivity index (χ1n) is 5.89. The lowest BCUT2D eigenvalue weighted by atomic mass is 10.4. The van der Waals surface area contributed by atoms with Gasteiger partial charge in [0, 0.05) is 18.9 Å². The second-order valence-corrected chi connectivity index (χ2v) is 5.37. The quantitative estimate of drug-likeness (QED) is 0.649. The normalized spacial score (nSPS) is 12.4. The molecule has 0 fully saturated rings. The molecule has 0 radical (unpaired) electrons. The number of nitrogens with two attached hydrogens (primary N) is 1. The standard InChI is InChI=1S/C11H20N4O3S/c1-7(19-3)6-13-8-9(12)15(4-5-18-2)11(17)14-10(8)16/h7,13H,4-6,12H2,1-3H3,(H,14,16,17). The van der Waals surface area contributed by atoms with E-state index in [0.717, 1.165) is 0 Å². The van der Waals surface area contributed by atoms with Gasteiger partial charge >= 0.3 is 5.69 Å². The number of ether oxygens (including phenoxy) is 1. The average Bonchev–Trinajstić information content (AvgIpc) is 2.37. The number of methoxy groups -OCH3 is 1. The van der Waals surface area contributed by atoms with Crippen LogP contribution >= 0.6 is 11.8 Å². The van der Waals surface area contributed by atoms with Gasteiger partial charge in [-0.05, 0) is 6.26 Å². The smallest absolute Gasteiger partial charge is 0.330 e. The van der Waals surface area contributed by atoms with Crippen molar-refractivity contribution in [2.45, 2.75) is 18.7 Å². The zero-order valence-corrected chi connectivity index (χ0v) is 12.2. The van der Waals surface area contributed by atoms with Gasteiger partial charge in [0.2, 0.25) is 0 Å². The Labute approximate surface area is 115 Å². The fourth-order valence-electron chi connectivity index (χ4n) is 1.49. The van der Waals surface area contributed by atoms with Gasteiger partial charge < -0.3 is 15.8 Å². The van der Waals surface area contributed by atoms with Crippen LogP contribution < -0.4 is 22.3 Å². The summed E-state index contributed by atoms with van der Waals surface area (Å²) in [5.74, 6) is 0.138. The molecule has 1 atom stereocenters. The van der Waals surface area contributed by atoms with Gasteiger partial charge in [0.25, 0.3) is 5.56 Å². The topological polar surface area (TPSA) is 102 Å². The summed E-state index contributed by atoms with van der Waals surface area (Å²) in [5.41, 5.74) is 5.08. The molecule has 4 N–H and O–H groups in total. The van der Waals surface area contributed by atoms with E-state index in [1.165, 1.54) is 11.7 Å². The maximum absolute atomic E-state index is 11.7. The lowest BCUT2D eigenvalue weighted by Gasteiger charge is -2.15. The van der Waals surface area contributed by atoms with Crippen molar-refractivity contribution < 1.29 is 4.74 Å². The van der Waals surface area contributed by atoms with Crippen LogP contribution in [0.3, 0.4) is 0 Å². The van der Waals surface area contributed by atoms with Gasteiger partial charge in [0.05, 0.1) is 13.2 Å². The summed E-state index contributed by atoms with van der Waals surface area (Å²) in [6.45, 7) is 3.27. The van der Waals surface area contributed by atoms with Crippen LogP contribution in [-0.4, -0.2) is 41.3 Å². The number of rotatable bonds is 7. The largest absolute Gasteiger partial charge is 0.383 e. The van der Waals surface area contributed by atoms with Crippen LogP contribution in [0.5, 0.6) is 0 Å². The van der Waals surface area contributed by atoms with Crippen molar-refractivity contribution in [1.82, 2.24) is 9.55 Å². The van der Waals surface area contributed by atoms with Crippen LogP contribution in [0.25, 0.3) is 0 Å². The summed E-state index contributed by atoms with van der Waals surface area (Å²) < 4.78 is 6.20. The molecule has 0 amide bonds. The molecule has 0 saturated carbocycles. The minimum absolute atomic E-state index is 0.138. The van der Waals surface area contributed by atoms with E-state index >= 15 is 0 Å². The summed E-state index contributed by atoms with van der Waals surface area (Å²) in [5, 5.41) is 3.32. The Morgan fingerprint density at radius 2 is 2.21 bits per heavy atom. The molecule has 1 aromatic rings. The molecule has 0 aliphatic carbocycles. The lowest BCUT2D eigenvalue weighted by molar-refractivity contribution is 0.186. The number of nitrogen functional groups attached to an aromatic ring is 1. The number of thioether (sulfide) groups is 1. The van der Waals surface area contributed by atoms with E-state index in [1.54, 1.807) is 11.8 Å². The van der Waals surface area contributed by atoms with Gasteiger partial charge in [-0.15, -0.1) is 0 Å². The average molecular weight is 288 g/mol. The molecule has 0 spiro atoms. The van der Waals surface area contributed by atoms with Crippen LogP contribution in [0.4, 0.5) is 11.5 Å². The second kappa shape index (κ2) is 7.25. The predicted molar refractivity (Wildman–Crippen MR) is 79.1 cm³/mol. The number of hydrogen-bond donors (Lipinski definition) is 3. The van der Waals surface area contributed by atoms with E-state index in [9.17, 15) is 9.59 Å². The summed E-state index contributed by atoms with van der Waals surface area (Å²) in [6.07, 6.45) is 1.99. The van der Waals surface area contributed by atoms with Gasteiger partial charge in [0.1, 0.15) is 11.5 Å². The molecule has 0 aromatic carbocycles. The van der Waals surface area contributed by atoms with Crippen LogP contribution in [0.2, 0.25) is 0 Å². The Kier molecular flexibility index (Phi) is 5.97. The maximum atomic E-state index is 11.7. The van der Waals surface area contributed by atoms with Gasteiger partial charge in [-0.3, -0.25) is 14.3 Å². The highest BCUT2D eigenvalue weighted by molar-refractivity contribution is 7.99. The van der Waals surface area contributed by atoms with Crippen LogP contribution in [0, 0.1) is 0 Å². The van der Waals surface area contributed by atoms with Crippen molar-refractivity contribution >= 4 is 23.3 Å². The Morgan fingerprint density at radius 3 is 2.79 bits per heavy atom. The van der Waals surface area contributed by atoms with E-state index in [-0.39, 0.29) is 11.5 Å². The van der Waals surface area contributed by atoms with Crippen LogP contribution in [0.1, 0.15) is 6.92 Å². The van der Waals surface area contributed by atoms with Crippen molar-refractivity contribution in [2.24, 2.45) is 0 Å². The number of nitrogens with zero attached hydrogens (tertiary/aromatic N) is 1. The maximum Gasteiger partial charge on any atom is 0.330 e. The third-order valence-electron chi connectivity index (χ3n) is 2.73. The molecule has 1 rings (SSSR count). The third kappa shape index (κ3) is 4.03. The molecule has 0 aliphatic rings. The zero-order chi connectivity index (χ0) is 14.4. The van der Waals surface area contributed by atoms with Gasteiger partial charge in [0.15, 0.2) is 0 Å². The number of aromatic amines is 1. The highest BCUT2D eigenvalue weighted by Gasteiger charge is 2.12. The summed E-state index contributed by atoms with van der Waals surface area (Å²) in [6, 6.07) is 0. The molecular weight excluding hydrogens is 268 g/mol. The van der Waals surface area contributed by atoms with Crippen molar-refractivity contribution in [3.8, 4) is 0 Å². The van der Waals surface area contributed by atoms with E-state index < -0.39 is 11.2 Å². The fourth-order valence-corrected chi connectivity index (χ4v) is 1.74. The Morgan fingerprint density at radius 1 is 1.53 bits per heavy atom. The molecular formula is C11H20N4O3S. The Hall–Kier alpha value is -1.41. The van der Waals surface area contributed by atoms with Gasteiger partial charge in [-0.1, -0.05) is 6.92 Å². The van der Waals surface area contributed by atoms with E-state index in [4.69, 9.17) is 10.5 Å². The highest BCUT2D eigenvalue weighted by atomic mass is 32.2. The minimum Gasteiger partial charge on any atom is -0.383 e. The zero-order valence-electron chi connectivity index (χ0n) is 11.4. The SMILES string of the molecule is COCCn1c(N)c(NCC(C)SC)c(=O)[nH]c1=O. The monoisotopic (exact) mass is 288 g/mol. The number of hydrogen-bond acceptors (Lipinski definition) is 6. The summed E-state index contributed by atoms with van der Waals surface area (Å²) in [7, 11) is 1.53. The van der Waals surface area contributed by atoms with E-state index in [2.05, 4.69) is 10.3 Å². The predicted octanol–water partition coefficient (Wildman–Crippen LogP) is -0.0714. The van der Waals surface area contributed by atoms with Gasteiger partial charge in [-0.25, -0.2) is 4.79 Å². The van der Waals surface area contributed by atoms with Crippen LogP contribution in [0.15, 0.2) is 9.59 Å². The Balaban J connectivity index is 3.03. The highest BCUT2D eigenvalue weighted by Crippen LogP contribution is 2.12. The summed E-state index contributed by atoms with van der Waals surface area (Å²) in [4.78, 5) is 25.6. The van der Waals surface area contributed by atoms with Crippen molar-refractivity contribution in [3.63, 3.8) is 0 Å². The number of aromatic nitrogens is 2. The first kappa shape index (κ1) is 15.6. The number of H-pyrrole nitrogens is 1. The fraction of sp³-hybridized carbons (Fsp3) is 0.636. The van der Waals surface area contributed by atoms with E-state index in [0.29, 0.717) is 24.9 Å². The van der Waals surface area contributed by atoms with Crippen molar-refractivity contribution in [1.29, 1.82) is 0 Å². The second-order valence-electron chi connectivity index (χ2n) is 4.09. The number of nitrogens with one attached hydrogen (secondary N) is 2. The van der Waals surface area contributed by atoms with Gasteiger partial charge in [-0.2, -0.15) is 11.8 Å². The number of anilines is 2. The van der Waals surface area contributed by atoms with Crippen molar-refractivity contribution in [2.75, 3.05) is 37.6 Å². The molecule has 108 valence electrons. The van der Waals surface area contributed by atoms with Crippen molar-refractivity contribution in [3.05, 3.63) is 20.8 Å². The summed E-state index contributed by atoms with van der Waals surface area (Å²) >= 11 is 1.67. The minimum atomic E-state index is -0.525. The third-order valence-corrected chi connectivity index (χ3v) is 3.70. The molecule has 1 unspecified atom stereocenters. The first-order valence-corrected chi connectivity index (χ1v) is 7.18. The molecule has 1 aromatic heterocycles. The molecule has 0 aliphatic heterocycles. The van der Waals surface area contributed by atoms with Crippen LogP contribution in [-0.2, 0) is 11.3 Å². The lowest BCUT2D eigenvalue weighted by Crippen LogP contribution is -2.35. The van der Waals surface area contributed by atoms with E-state index in [1.807, 2.05) is 13.2 Å². The molecule has 7 nitrogen and oxygen atoms in total.